The van der Waals surface area contributed by atoms with E-state index in [1.165, 1.54) is 0 Å². The minimum Gasteiger partial charge on any atom is -0.455 e. The summed E-state index contributed by atoms with van der Waals surface area (Å²) in [6.45, 7) is 0. The van der Waals surface area contributed by atoms with Crippen LogP contribution in [0.2, 0.25) is 0 Å². The van der Waals surface area contributed by atoms with Crippen molar-refractivity contribution in [3.63, 3.8) is 0 Å². The summed E-state index contributed by atoms with van der Waals surface area (Å²) in [4.78, 5) is 14.9. The maximum Gasteiger partial charge on any atom is 0.167 e. The molecule has 0 aliphatic heterocycles. The highest BCUT2D eigenvalue weighted by Crippen LogP contribution is 2.43. The van der Waals surface area contributed by atoms with Gasteiger partial charge >= 0.3 is 0 Å². The smallest absolute Gasteiger partial charge is 0.167 e. The van der Waals surface area contributed by atoms with E-state index < -0.39 is 30.2 Å². The molecule has 11 aromatic rings. The molecule has 0 bridgehead atoms. The van der Waals surface area contributed by atoms with Gasteiger partial charge in [0.05, 0.1) is 34.5 Å². The van der Waals surface area contributed by atoms with Crippen LogP contribution in [0.4, 0.5) is 0 Å². The van der Waals surface area contributed by atoms with Crippen LogP contribution in [0.3, 0.4) is 0 Å². The van der Waals surface area contributed by atoms with Crippen LogP contribution in [0.5, 0.6) is 0 Å². The van der Waals surface area contributed by atoms with E-state index in [4.69, 9.17) is 26.2 Å². The van der Waals surface area contributed by atoms with Gasteiger partial charge in [-0.1, -0.05) is 115 Å². The highest BCUT2D eigenvalue weighted by atomic mass is 32.1. The lowest BCUT2D eigenvalue weighted by molar-refractivity contribution is 0.669. The molecule has 4 heterocycles. The van der Waals surface area contributed by atoms with Crippen LogP contribution in [-0.2, 0) is 0 Å². The van der Waals surface area contributed by atoms with Crippen molar-refractivity contribution in [2.45, 2.75) is 0 Å². The summed E-state index contributed by atoms with van der Waals surface area (Å²) in [6, 6.07) is 40.6. The summed E-state index contributed by atoms with van der Waals surface area (Å²) >= 11 is 1.67. The van der Waals surface area contributed by atoms with Crippen LogP contribution >= 0.6 is 11.3 Å². The Morgan fingerprint density at radius 2 is 1.12 bits per heavy atom. The molecule has 0 saturated carbocycles. The zero-order valence-corrected chi connectivity index (χ0v) is 27.5. The minimum absolute atomic E-state index is 0.0300. The number of hydrogen-bond acceptors (Lipinski definition) is 5. The molecule has 0 saturated heterocycles. The zero-order chi connectivity index (χ0) is 37.8. The quantitative estimate of drug-likeness (QED) is 0.186. The molecule has 0 spiro atoms. The predicted octanol–water partition coefficient (Wildman–Crippen LogP) is 12.2. The molecule has 0 fully saturated rings. The predicted molar refractivity (Wildman–Crippen MR) is 211 cm³/mol. The van der Waals surface area contributed by atoms with E-state index in [0.29, 0.717) is 22.6 Å². The molecule has 0 atom stereocenters. The second kappa shape index (κ2) is 10.9. The van der Waals surface area contributed by atoms with Crippen molar-refractivity contribution in [3.05, 3.63) is 158 Å². The first-order valence-corrected chi connectivity index (χ1v) is 17.4. The number of nitrogens with zero attached hydrogens (tertiary/aromatic N) is 4. The molecule has 238 valence electrons. The minimum atomic E-state index is -0.487. The highest BCUT2D eigenvalue weighted by Gasteiger charge is 2.22. The van der Waals surface area contributed by atoms with Crippen LogP contribution in [0.1, 0.15) is 6.85 Å². The number of benzene rings is 7. The fourth-order valence-electron chi connectivity index (χ4n) is 7.43. The third kappa shape index (κ3) is 4.24. The molecule has 0 N–H and O–H groups in total. The van der Waals surface area contributed by atoms with Crippen molar-refractivity contribution in [2.24, 2.45) is 0 Å². The van der Waals surface area contributed by atoms with Crippen LogP contribution < -0.4 is 0 Å². The Bertz CT molecular complexity index is 3380. The molecule has 11 rings (SSSR count). The molecule has 0 aliphatic carbocycles. The number of fused-ring (bicyclic) bond motifs is 9. The molecule has 5 nitrogen and oxygen atoms in total. The average Bonchev–Trinajstić information content (AvgIpc) is 3.92. The summed E-state index contributed by atoms with van der Waals surface area (Å²) in [5, 5.41) is 6.10. The van der Waals surface area contributed by atoms with E-state index in [9.17, 15) is 0 Å². The van der Waals surface area contributed by atoms with Gasteiger partial charge in [0.2, 0.25) is 0 Å². The number of rotatable bonds is 4. The molecule has 0 aliphatic rings. The average molecular weight is 676 g/mol. The molecule has 4 aromatic heterocycles. The lowest BCUT2D eigenvalue weighted by Crippen LogP contribution is -2.00. The molecule has 0 unspecified atom stereocenters. The molecular weight excluding hydrogens is 645 g/mol. The number of thiophene rings is 1. The molecule has 7 aromatic carbocycles. The number of hydrogen-bond donors (Lipinski definition) is 0. The van der Waals surface area contributed by atoms with Gasteiger partial charge in [0.15, 0.2) is 17.5 Å². The first-order chi connectivity index (χ1) is 27.4. The van der Waals surface area contributed by atoms with Crippen molar-refractivity contribution in [1.29, 1.82) is 0 Å². The summed E-state index contributed by atoms with van der Waals surface area (Å²) in [5.74, 6) is 0.527. The Morgan fingerprint density at radius 3 is 1.92 bits per heavy atom. The lowest BCUT2D eigenvalue weighted by atomic mass is 10.0. The van der Waals surface area contributed by atoms with Crippen molar-refractivity contribution in [1.82, 2.24) is 19.5 Å². The largest absolute Gasteiger partial charge is 0.455 e. The van der Waals surface area contributed by atoms with E-state index in [0.717, 1.165) is 64.0 Å². The van der Waals surface area contributed by atoms with E-state index in [1.807, 2.05) is 66.7 Å². The molecule has 0 radical (unpaired) electrons. The van der Waals surface area contributed by atoms with Gasteiger partial charge in [-0.05, 0) is 42.5 Å². The summed E-state index contributed by atoms with van der Waals surface area (Å²) in [6.07, 6.45) is 0. The number of aromatic nitrogens is 4. The van der Waals surface area contributed by atoms with Gasteiger partial charge < -0.3 is 8.98 Å². The molecular formula is C45H26N4OS. The van der Waals surface area contributed by atoms with E-state index in [2.05, 4.69) is 65.2 Å². The van der Waals surface area contributed by atoms with Crippen molar-refractivity contribution in [3.8, 4) is 39.9 Å². The fraction of sp³-hybridized carbons (Fsp3) is 0. The SMILES string of the molecule is [2H]c1c([2H])c([2H])c(-c2nc(-c3cccc4c3oc3cccc(-n5c6ccccc6c6ccccc65)c34)nc(-c3cccc4sc5ccccc5c34)n2)c([2H])c1[2H]. The molecule has 0 amide bonds. The van der Waals surface area contributed by atoms with Gasteiger partial charge in [-0.2, -0.15) is 0 Å². The standard InChI is InChI=1S/C45H26N4OS/c1-2-13-27(14-3-1)43-46-44(32-19-11-26-39-40(32)30-17-6-9-25-38(30)51-39)48-45(47-43)33-20-10-18-31-41-36(23-12-24-37(41)50-42(31)33)49-34-21-7-4-15-28(34)29-16-5-8-22-35(29)49/h1-26H/i1D,2D,3D,13D,14D. The maximum atomic E-state index is 8.86. The zero-order valence-electron chi connectivity index (χ0n) is 31.7. The van der Waals surface area contributed by atoms with Gasteiger partial charge in [0.25, 0.3) is 0 Å². The van der Waals surface area contributed by atoms with Crippen molar-refractivity contribution < 1.29 is 11.3 Å². The lowest BCUT2D eigenvalue weighted by Gasteiger charge is -2.10. The first-order valence-electron chi connectivity index (χ1n) is 19.0. The normalized spacial score (nSPS) is 13.3. The third-order valence-corrected chi connectivity index (χ3v) is 10.7. The second-order valence-electron chi connectivity index (χ2n) is 12.4. The Morgan fingerprint density at radius 1 is 0.510 bits per heavy atom. The second-order valence-corrected chi connectivity index (χ2v) is 13.5. The Balaban J connectivity index is 1.21. The fourth-order valence-corrected chi connectivity index (χ4v) is 8.56. The maximum absolute atomic E-state index is 8.86. The number of furan rings is 1. The molecule has 6 heteroatoms. The van der Waals surface area contributed by atoms with Crippen molar-refractivity contribution >= 4 is 75.3 Å². The number of para-hydroxylation sites is 3. The van der Waals surface area contributed by atoms with Crippen LogP contribution in [0.25, 0.3) is 104 Å². The third-order valence-electron chi connectivity index (χ3n) is 9.56. The Kier molecular flexibility index (Phi) is 5.08. The highest BCUT2D eigenvalue weighted by molar-refractivity contribution is 7.25. The van der Waals surface area contributed by atoms with E-state index >= 15 is 0 Å². The van der Waals surface area contributed by atoms with Gasteiger partial charge in [0, 0.05) is 47.5 Å². The van der Waals surface area contributed by atoms with Crippen LogP contribution in [-0.4, -0.2) is 19.5 Å². The topological polar surface area (TPSA) is 56.7 Å². The van der Waals surface area contributed by atoms with Crippen LogP contribution in [0.15, 0.2) is 162 Å². The van der Waals surface area contributed by atoms with Gasteiger partial charge in [0.1, 0.15) is 11.2 Å². The monoisotopic (exact) mass is 675 g/mol. The first kappa shape index (κ1) is 23.7. The van der Waals surface area contributed by atoms with Gasteiger partial charge in [-0.3, -0.25) is 0 Å². The van der Waals surface area contributed by atoms with Crippen LogP contribution in [0, 0.1) is 0 Å². The van der Waals surface area contributed by atoms with Crippen molar-refractivity contribution in [2.75, 3.05) is 0 Å². The van der Waals surface area contributed by atoms with Gasteiger partial charge in [-0.25, -0.2) is 15.0 Å². The Labute approximate surface area is 302 Å². The molecule has 51 heavy (non-hydrogen) atoms. The summed E-state index contributed by atoms with van der Waals surface area (Å²) < 4.78 is 54.0. The Hall–Kier alpha value is -6.63. The van der Waals surface area contributed by atoms with Gasteiger partial charge in [-0.15, -0.1) is 11.3 Å². The summed E-state index contributed by atoms with van der Waals surface area (Å²) in [7, 11) is 0. The van der Waals surface area contributed by atoms with E-state index in [-0.39, 0.29) is 17.2 Å². The van der Waals surface area contributed by atoms with E-state index in [1.54, 1.807) is 11.3 Å². The summed E-state index contributed by atoms with van der Waals surface area (Å²) in [5.41, 5.74) is 5.56.